The van der Waals surface area contributed by atoms with Gasteiger partial charge in [-0.2, -0.15) is 0 Å². The maximum Gasteiger partial charge on any atom is 0.300 e. The molecule has 164 valence electrons. The van der Waals surface area contributed by atoms with Crippen molar-refractivity contribution in [3.63, 3.8) is 0 Å². The van der Waals surface area contributed by atoms with E-state index in [9.17, 15) is 14.7 Å². The molecule has 1 saturated heterocycles. The zero-order valence-electron chi connectivity index (χ0n) is 17.9. The van der Waals surface area contributed by atoms with E-state index in [1.165, 1.54) is 4.90 Å². The summed E-state index contributed by atoms with van der Waals surface area (Å²) in [5.41, 5.74) is 1.82. The molecule has 32 heavy (non-hydrogen) atoms. The number of furan rings is 1. The number of halogens is 1. The number of aryl methyl sites for hydroxylation is 2. The number of anilines is 1. The first-order valence-corrected chi connectivity index (χ1v) is 11.0. The van der Waals surface area contributed by atoms with Crippen LogP contribution in [0.2, 0.25) is 0 Å². The number of benzene rings is 2. The lowest BCUT2D eigenvalue weighted by Gasteiger charge is -2.23. The van der Waals surface area contributed by atoms with Crippen LogP contribution in [-0.4, -0.2) is 23.4 Å². The lowest BCUT2D eigenvalue weighted by Crippen LogP contribution is -2.29. The van der Waals surface area contributed by atoms with E-state index in [4.69, 9.17) is 9.15 Å². The number of Topliss-reactive ketones (excluding diaryl/α,β-unsaturated/α-hetero) is 1. The molecule has 2 heterocycles. The van der Waals surface area contributed by atoms with Crippen LogP contribution in [0, 0.1) is 13.8 Å². The van der Waals surface area contributed by atoms with Gasteiger partial charge in [-0.05, 0) is 74.9 Å². The van der Waals surface area contributed by atoms with Gasteiger partial charge in [-0.15, -0.1) is 0 Å². The van der Waals surface area contributed by atoms with Crippen molar-refractivity contribution in [2.75, 3.05) is 11.5 Å². The molecule has 0 bridgehead atoms. The number of aliphatic hydroxyl groups is 1. The van der Waals surface area contributed by atoms with Crippen molar-refractivity contribution in [1.29, 1.82) is 0 Å². The number of carbonyl (C=O) groups is 2. The Labute approximate surface area is 194 Å². The SMILES string of the molecule is CCOc1ccc(N2C(=O)C(=O)/C(=C(\O)c3ccc(Br)c(C)c3)C2c2ccc(C)o2)cc1. The quantitative estimate of drug-likeness (QED) is 0.279. The standard InChI is InChI=1S/C25H22BrNO5/c1-4-31-18-9-7-17(8-10-18)27-22(20-12-5-15(3)32-20)21(24(29)25(27)30)23(28)16-6-11-19(26)14(2)13-16/h5-13,22,28H,4H2,1-3H3/b23-21-. The zero-order valence-corrected chi connectivity index (χ0v) is 19.5. The summed E-state index contributed by atoms with van der Waals surface area (Å²) in [5.74, 6) is -0.0580. The minimum atomic E-state index is -0.898. The van der Waals surface area contributed by atoms with Gasteiger partial charge in [-0.25, -0.2) is 0 Å². The van der Waals surface area contributed by atoms with Gasteiger partial charge in [0.05, 0.1) is 12.2 Å². The average molecular weight is 496 g/mol. The number of ketones is 1. The van der Waals surface area contributed by atoms with Crippen LogP contribution in [0.15, 0.2) is 69.1 Å². The Bertz CT molecular complexity index is 1230. The van der Waals surface area contributed by atoms with Crippen molar-refractivity contribution in [3.8, 4) is 5.75 Å². The first kappa shape index (κ1) is 21.9. The smallest absolute Gasteiger partial charge is 0.300 e. The molecule has 1 aromatic heterocycles. The molecular formula is C25H22BrNO5. The molecule has 1 amide bonds. The Morgan fingerprint density at radius 1 is 1.09 bits per heavy atom. The molecule has 0 saturated carbocycles. The highest BCUT2D eigenvalue weighted by atomic mass is 79.9. The van der Waals surface area contributed by atoms with Crippen molar-refractivity contribution < 1.29 is 23.8 Å². The minimum absolute atomic E-state index is 0.0139. The van der Waals surface area contributed by atoms with Gasteiger partial charge in [-0.1, -0.05) is 22.0 Å². The van der Waals surface area contributed by atoms with Gasteiger partial charge >= 0.3 is 0 Å². The van der Waals surface area contributed by atoms with E-state index < -0.39 is 17.7 Å². The van der Waals surface area contributed by atoms with E-state index in [2.05, 4.69) is 15.9 Å². The molecule has 2 aromatic carbocycles. The number of aliphatic hydroxyl groups excluding tert-OH is 1. The Balaban J connectivity index is 1.88. The molecule has 0 spiro atoms. The third-order valence-electron chi connectivity index (χ3n) is 5.33. The number of rotatable bonds is 5. The van der Waals surface area contributed by atoms with Crippen molar-refractivity contribution in [2.45, 2.75) is 26.8 Å². The lowest BCUT2D eigenvalue weighted by atomic mass is 9.98. The van der Waals surface area contributed by atoms with E-state index in [0.717, 1.165) is 10.0 Å². The molecule has 6 nitrogen and oxygen atoms in total. The summed E-state index contributed by atoms with van der Waals surface area (Å²) in [5, 5.41) is 11.1. The molecule has 0 radical (unpaired) electrons. The van der Waals surface area contributed by atoms with Gasteiger partial charge in [-0.3, -0.25) is 14.5 Å². The second kappa shape index (κ2) is 8.67. The highest BCUT2D eigenvalue weighted by molar-refractivity contribution is 9.10. The fourth-order valence-corrected chi connectivity index (χ4v) is 4.03. The number of hydrogen-bond acceptors (Lipinski definition) is 5. The van der Waals surface area contributed by atoms with Gasteiger partial charge in [0, 0.05) is 15.7 Å². The maximum absolute atomic E-state index is 13.1. The summed E-state index contributed by atoms with van der Waals surface area (Å²) < 4.78 is 12.2. The molecule has 1 aliphatic heterocycles. The summed E-state index contributed by atoms with van der Waals surface area (Å²) in [6.07, 6.45) is 0. The van der Waals surface area contributed by atoms with E-state index in [0.29, 0.717) is 35.1 Å². The molecule has 1 unspecified atom stereocenters. The summed E-state index contributed by atoms with van der Waals surface area (Å²) in [4.78, 5) is 27.6. The highest BCUT2D eigenvalue weighted by Gasteiger charge is 2.48. The Kier molecular flexibility index (Phi) is 5.93. The van der Waals surface area contributed by atoms with E-state index >= 15 is 0 Å². The molecule has 7 heteroatoms. The fraction of sp³-hybridized carbons (Fsp3) is 0.200. The van der Waals surface area contributed by atoms with Crippen LogP contribution in [0.25, 0.3) is 5.76 Å². The molecule has 1 atom stereocenters. The van der Waals surface area contributed by atoms with Crippen LogP contribution in [0.1, 0.15) is 35.6 Å². The molecule has 1 fully saturated rings. The average Bonchev–Trinajstić information content (AvgIpc) is 3.31. The molecule has 4 rings (SSSR count). The first-order valence-electron chi connectivity index (χ1n) is 10.2. The zero-order chi connectivity index (χ0) is 23.0. The maximum atomic E-state index is 13.1. The molecule has 1 aliphatic rings. The Morgan fingerprint density at radius 3 is 2.41 bits per heavy atom. The number of nitrogens with zero attached hydrogens (tertiary/aromatic N) is 1. The van der Waals surface area contributed by atoms with Gasteiger partial charge in [0.15, 0.2) is 0 Å². The minimum Gasteiger partial charge on any atom is -0.507 e. The molecule has 3 aromatic rings. The van der Waals surface area contributed by atoms with Gasteiger partial charge in [0.1, 0.15) is 29.1 Å². The van der Waals surface area contributed by atoms with Gasteiger partial charge in [0.2, 0.25) is 0 Å². The van der Waals surface area contributed by atoms with Crippen molar-refractivity contribution in [3.05, 3.63) is 87.3 Å². The number of amides is 1. The fourth-order valence-electron chi connectivity index (χ4n) is 3.79. The number of ether oxygens (including phenoxy) is 1. The van der Waals surface area contributed by atoms with Gasteiger partial charge in [0.25, 0.3) is 11.7 Å². The van der Waals surface area contributed by atoms with Crippen LogP contribution >= 0.6 is 15.9 Å². The molecule has 0 aliphatic carbocycles. The van der Waals surface area contributed by atoms with Crippen LogP contribution in [0.5, 0.6) is 5.75 Å². The second-order valence-corrected chi connectivity index (χ2v) is 8.36. The predicted octanol–water partition coefficient (Wildman–Crippen LogP) is 5.68. The van der Waals surface area contributed by atoms with Crippen molar-refractivity contribution in [1.82, 2.24) is 0 Å². The van der Waals surface area contributed by atoms with Crippen LogP contribution in [0.4, 0.5) is 5.69 Å². The predicted molar refractivity (Wildman–Crippen MR) is 125 cm³/mol. The summed E-state index contributed by atoms with van der Waals surface area (Å²) in [6, 6.07) is 14.7. The summed E-state index contributed by atoms with van der Waals surface area (Å²) >= 11 is 3.44. The van der Waals surface area contributed by atoms with E-state index in [1.54, 1.807) is 61.5 Å². The number of carbonyl (C=O) groups excluding carboxylic acids is 2. The highest BCUT2D eigenvalue weighted by Crippen LogP contribution is 2.43. The molecular weight excluding hydrogens is 474 g/mol. The summed E-state index contributed by atoms with van der Waals surface area (Å²) in [7, 11) is 0. The van der Waals surface area contributed by atoms with Crippen molar-refractivity contribution >= 4 is 39.1 Å². The third-order valence-corrected chi connectivity index (χ3v) is 6.22. The second-order valence-electron chi connectivity index (χ2n) is 7.51. The Morgan fingerprint density at radius 2 is 1.81 bits per heavy atom. The normalized spacial score (nSPS) is 17.8. The van der Waals surface area contributed by atoms with Crippen LogP contribution in [0.3, 0.4) is 0 Å². The lowest BCUT2D eigenvalue weighted by molar-refractivity contribution is -0.132. The monoisotopic (exact) mass is 495 g/mol. The third kappa shape index (κ3) is 3.84. The van der Waals surface area contributed by atoms with E-state index in [1.807, 2.05) is 13.8 Å². The van der Waals surface area contributed by atoms with Crippen molar-refractivity contribution in [2.24, 2.45) is 0 Å². The largest absolute Gasteiger partial charge is 0.507 e. The first-order chi connectivity index (χ1) is 15.3. The topological polar surface area (TPSA) is 80.0 Å². The van der Waals surface area contributed by atoms with Crippen LogP contribution in [-0.2, 0) is 9.59 Å². The number of hydrogen-bond donors (Lipinski definition) is 1. The van der Waals surface area contributed by atoms with E-state index in [-0.39, 0.29) is 11.3 Å². The Hall–Kier alpha value is -3.32. The molecule has 1 N–H and O–H groups in total. The summed E-state index contributed by atoms with van der Waals surface area (Å²) in [6.45, 7) is 6.06. The van der Waals surface area contributed by atoms with Gasteiger partial charge < -0.3 is 14.3 Å². The van der Waals surface area contributed by atoms with Crippen LogP contribution < -0.4 is 9.64 Å².